The minimum absolute atomic E-state index is 0.211. The van der Waals surface area contributed by atoms with Crippen molar-refractivity contribution in [1.82, 2.24) is 25.1 Å². The number of hydrogen-bond donors (Lipinski definition) is 4. The van der Waals surface area contributed by atoms with Crippen LogP contribution in [0.2, 0.25) is 0 Å². The highest BCUT2D eigenvalue weighted by Crippen LogP contribution is 2.19. The van der Waals surface area contributed by atoms with Crippen molar-refractivity contribution in [2.75, 3.05) is 5.32 Å². The fourth-order valence-electron chi connectivity index (χ4n) is 2.69. The van der Waals surface area contributed by atoms with Crippen molar-refractivity contribution in [3.05, 3.63) is 69.0 Å². The van der Waals surface area contributed by atoms with Crippen LogP contribution >= 0.6 is 12.2 Å². The number of aromatic nitrogens is 5. The van der Waals surface area contributed by atoms with Crippen molar-refractivity contribution in [2.24, 2.45) is 0 Å². The van der Waals surface area contributed by atoms with E-state index < -0.39 is 0 Å². The molecular weight excluding hydrogens is 364 g/mol. The summed E-state index contributed by atoms with van der Waals surface area (Å²) in [6.45, 7) is 1.83. The Bertz CT molecular complexity index is 1270. The van der Waals surface area contributed by atoms with E-state index >= 15 is 0 Å². The quantitative estimate of drug-likeness (QED) is 0.409. The first-order chi connectivity index (χ1) is 13.0. The van der Waals surface area contributed by atoms with Crippen LogP contribution in [0.1, 0.15) is 16.2 Å². The normalized spacial score (nSPS) is 10.9. The fraction of sp³-hybridized carbons (Fsp3) is 0.0556. The molecular formula is C18H14N6O2S. The Hall–Kier alpha value is -3.59. The van der Waals surface area contributed by atoms with Gasteiger partial charge in [0.2, 0.25) is 0 Å². The van der Waals surface area contributed by atoms with E-state index in [1.54, 1.807) is 30.3 Å². The molecule has 2 aromatic heterocycles. The largest absolute Gasteiger partial charge is 0.332 e. The van der Waals surface area contributed by atoms with E-state index in [1.165, 1.54) is 0 Å². The van der Waals surface area contributed by atoms with Gasteiger partial charge in [-0.3, -0.25) is 19.7 Å². The highest BCUT2D eigenvalue weighted by molar-refractivity contribution is 7.71. The number of carbonyl (C=O) groups is 1. The summed E-state index contributed by atoms with van der Waals surface area (Å²) in [4.78, 5) is 34.0. The molecule has 4 aromatic rings. The maximum absolute atomic E-state index is 12.5. The molecule has 27 heavy (non-hydrogen) atoms. The number of aromatic amines is 3. The Balaban J connectivity index is 1.57. The average molecular weight is 378 g/mol. The van der Waals surface area contributed by atoms with Gasteiger partial charge in [-0.1, -0.05) is 0 Å². The van der Waals surface area contributed by atoms with E-state index in [2.05, 4.69) is 30.5 Å². The summed E-state index contributed by atoms with van der Waals surface area (Å²) in [6.07, 6.45) is 0. The van der Waals surface area contributed by atoms with Gasteiger partial charge in [-0.15, -0.1) is 0 Å². The molecule has 0 aliphatic carbocycles. The lowest BCUT2D eigenvalue weighted by molar-refractivity contribution is 0.102. The molecule has 0 aliphatic rings. The molecule has 0 spiro atoms. The fourth-order valence-corrected chi connectivity index (χ4v) is 2.89. The lowest BCUT2D eigenvalue weighted by atomic mass is 10.1. The van der Waals surface area contributed by atoms with Crippen LogP contribution in [0.3, 0.4) is 0 Å². The third kappa shape index (κ3) is 3.40. The second-order valence-corrected chi connectivity index (χ2v) is 6.35. The molecule has 0 saturated heterocycles. The second-order valence-electron chi connectivity index (χ2n) is 5.94. The Labute approximate surface area is 157 Å². The van der Waals surface area contributed by atoms with Gasteiger partial charge in [0.25, 0.3) is 11.5 Å². The first kappa shape index (κ1) is 16.9. The van der Waals surface area contributed by atoms with Crippen LogP contribution in [-0.4, -0.2) is 31.1 Å². The topological polar surface area (TPSA) is 119 Å². The molecule has 0 unspecified atom stereocenters. The number of amides is 1. The van der Waals surface area contributed by atoms with Gasteiger partial charge in [0.05, 0.1) is 10.9 Å². The number of H-pyrrole nitrogens is 3. The molecule has 4 rings (SSSR count). The molecule has 0 bridgehead atoms. The van der Waals surface area contributed by atoms with Gasteiger partial charge >= 0.3 is 0 Å². The molecule has 0 saturated carbocycles. The van der Waals surface area contributed by atoms with Gasteiger partial charge < -0.3 is 10.3 Å². The van der Waals surface area contributed by atoms with E-state index in [0.717, 1.165) is 11.4 Å². The van der Waals surface area contributed by atoms with Crippen molar-refractivity contribution in [3.8, 4) is 11.4 Å². The van der Waals surface area contributed by atoms with Gasteiger partial charge in [-0.05, 0) is 61.6 Å². The lowest BCUT2D eigenvalue weighted by Gasteiger charge is -2.07. The SMILES string of the molecule is Cc1nc(-c2ccc(NC(=O)c3ccc4c(=O)[nH]c(=S)[nH]c4c3)cc2)n[nH]1. The molecule has 0 atom stereocenters. The van der Waals surface area contributed by atoms with Gasteiger partial charge in [0.15, 0.2) is 10.6 Å². The number of nitrogens with one attached hydrogen (secondary N) is 4. The van der Waals surface area contributed by atoms with E-state index in [0.29, 0.717) is 28.0 Å². The van der Waals surface area contributed by atoms with Crippen LogP contribution in [0.4, 0.5) is 5.69 Å². The van der Waals surface area contributed by atoms with Crippen LogP contribution in [0.5, 0.6) is 0 Å². The number of anilines is 1. The monoisotopic (exact) mass is 378 g/mol. The Morgan fingerprint density at radius 1 is 1.11 bits per heavy atom. The number of nitrogens with zero attached hydrogens (tertiary/aromatic N) is 2. The Kier molecular flexibility index (Phi) is 4.13. The highest BCUT2D eigenvalue weighted by atomic mass is 32.1. The highest BCUT2D eigenvalue weighted by Gasteiger charge is 2.10. The number of hydrogen-bond acceptors (Lipinski definition) is 5. The van der Waals surface area contributed by atoms with Gasteiger partial charge in [-0.2, -0.15) is 5.10 Å². The van der Waals surface area contributed by atoms with Crippen LogP contribution < -0.4 is 10.9 Å². The van der Waals surface area contributed by atoms with Crippen molar-refractivity contribution in [2.45, 2.75) is 6.92 Å². The van der Waals surface area contributed by atoms with E-state index in [9.17, 15) is 9.59 Å². The second kappa shape index (κ2) is 6.61. The predicted molar refractivity (Wildman–Crippen MR) is 104 cm³/mol. The number of rotatable bonds is 3. The number of aryl methyl sites for hydroxylation is 1. The zero-order valence-corrected chi connectivity index (χ0v) is 15.0. The Morgan fingerprint density at radius 2 is 1.89 bits per heavy atom. The summed E-state index contributed by atoms with van der Waals surface area (Å²) < 4.78 is 0.211. The summed E-state index contributed by atoms with van der Waals surface area (Å²) in [5, 5.41) is 10.2. The van der Waals surface area contributed by atoms with Crippen molar-refractivity contribution in [1.29, 1.82) is 0 Å². The Morgan fingerprint density at radius 3 is 2.59 bits per heavy atom. The summed E-state index contributed by atoms with van der Waals surface area (Å²) in [5.74, 6) is 1.04. The maximum Gasteiger partial charge on any atom is 0.259 e. The number of benzene rings is 2. The molecule has 0 fully saturated rings. The van der Waals surface area contributed by atoms with Crippen molar-refractivity contribution in [3.63, 3.8) is 0 Å². The standard InChI is InChI=1S/C18H14N6O2S/c1-9-19-15(24-23-9)10-2-5-12(6-3-10)20-16(25)11-4-7-13-14(8-11)21-18(27)22-17(13)26/h2-8H,1H3,(H,20,25)(H,19,23,24)(H2,21,22,26,27). The summed E-state index contributed by atoms with van der Waals surface area (Å²) >= 11 is 4.97. The molecule has 2 heterocycles. The number of carbonyl (C=O) groups excluding carboxylic acids is 1. The average Bonchev–Trinajstić information content (AvgIpc) is 3.08. The number of fused-ring (bicyclic) bond motifs is 1. The third-order valence-electron chi connectivity index (χ3n) is 4.00. The van der Waals surface area contributed by atoms with Crippen molar-refractivity contribution >= 4 is 34.7 Å². The van der Waals surface area contributed by atoms with Crippen molar-refractivity contribution < 1.29 is 4.79 Å². The van der Waals surface area contributed by atoms with Gasteiger partial charge in [-0.25, -0.2) is 4.98 Å². The predicted octanol–water partition coefficient (Wildman–Crippen LogP) is 2.93. The van der Waals surface area contributed by atoms with E-state index in [4.69, 9.17) is 12.2 Å². The zero-order chi connectivity index (χ0) is 19.0. The lowest BCUT2D eigenvalue weighted by Crippen LogP contribution is -2.13. The first-order valence-corrected chi connectivity index (χ1v) is 8.47. The molecule has 2 aromatic carbocycles. The molecule has 0 aliphatic heterocycles. The van der Waals surface area contributed by atoms with Gasteiger partial charge in [0.1, 0.15) is 5.82 Å². The molecule has 4 N–H and O–H groups in total. The summed E-state index contributed by atoms with van der Waals surface area (Å²) in [5.41, 5.74) is 2.10. The van der Waals surface area contributed by atoms with Crippen LogP contribution in [-0.2, 0) is 0 Å². The van der Waals surface area contributed by atoms with Gasteiger partial charge in [0, 0.05) is 16.8 Å². The van der Waals surface area contributed by atoms with E-state index in [1.807, 2.05) is 19.1 Å². The molecule has 8 nitrogen and oxygen atoms in total. The minimum Gasteiger partial charge on any atom is -0.332 e. The minimum atomic E-state index is -0.294. The zero-order valence-electron chi connectivity index (χ0n) is 14.2. The van der Waals surface area contributed by atoms with Crippen LogP contribution in [0.25, 0.3) is 22.3 Å². The maximum atomic E-state index is 12.5. The molecule has 134 valence electrons. The molecule has 9 heteroatoms. The molecule has 0 radical (unpaired) electrons. The van der Waals surface area contributed by atoms with E-state index in [-0.39, 0.29) is 16.2 Å². The van der Waals surface area contributed by atoms with Crippen LogP contribution in [0, 0.1) is 11.7 Å². The summed E-state index contributed by atoms with van der Waals surface area (Å²) in [7, 11) is 0. The third-order valence-corrected chi connectivity index (χ3v) is 4.20. The van der Waals surface area contributed by atoms with Crippen LogP contribution in [0.15, 0.2) is 47.3 Å². The molecule has 1 amide bonds. The smallest absolute Gasteiger partial charge is 0.259 e. The summed E-state index contributed by atoms with van der Waals surface area (Å²) in [6, 6.07) is 12.0. The first-order valence-electron chi connectivity index (χ1n) is 8.07.